The maximum Gasteiger partial charge on any atom is 0.255 e. The first-order valence-electron chi connectivity index (χ1n) is 7.86. The zero-order valence-electron chi connectivity index (χ0n) is 12.7. The molecule has 0 aromatic heterocycles. The number of aromatic hydroxyl groups is 1. The molecule has 1 heterocycles. The lowest BCUT2D eigenvalue weighted by atomic mass is 10.1. The van der Waals surface area contributed by atoms with Gasteiger partial charge in [-0.2, -0.15) is 0 Å². The van der Waals surface area contributed by atoms with E-state index in [1.807, 2.05) is 0 Å². The molecule has 3 atom stereocenters. The quantitative estimate of drug-likeness (QED) is 0.726. The Hall–Kier alpha value is -1.15. The van der Waals surface area contributed by atoms with Crippen molar-refractivity contribution in [2.75, 3.05) is 26.3 Å². The van der Waals surface area contributed by atoms with Gasteiger partial charge in [-0.15, -0.1) is 0 Å². The van der Waals surface area contributed by atoms with Gasteiger partial charge in [0.2, 0.25) is 0 Å². The lowest BCUT2D eigenvalue weighted by molar-refractivity contribution is -0.0154. The third-order valence-corrected chi connectivity index (χ3v) is 5.28. The molecule has 1 aliphatic carbocycles. The van der Waals surface area contributed by atoms with Crippen LogP contribution in [0.4, 0.5) is 0 Å². The first kappa shape index (κ1) is 16.7. The van der Waals surface area contributed by atoms with Gasteiger partial charge in [-0.25, -0.2) is 0 Å². The highest BCUT2D eigenvalue weighted by molar-refractivity contribution is 9.10. The molecule has 6 nitrogen and oxygen atoms in total. The molecular formula is C16H21BrN2O4. The van der Waals surface area contributed by atoms with Gasteiger partial charge in [-0.1, -0.05) is 6.07 Å². The fourth-order valence-electron chi connectivity index (χ4n) is 3.37. The number of morpholine rings is 1. The largest absolute Gasteiger partial charge is 0.506 e. The average molecular weight is 385 g/mol. The molecule has 1 saturated heterocycles. The summed E-state index contributed by atoms with van der Waals surface area (Å²) in [7, 11) is 0. The fourth-order valence-corrected chi connectivity index (χ4v) is 3.74. The number of phenolic OH excluding ortho intramolecular Hbond substituents is 1. The van der Waals surface area contributed by atoms with E-state index in [0.717, 1.165) is 25.9 Å². The van der Waals surface area contributed by atoms with Crippen molar-refractivity contribution in [2.24, 2.45) is 0 Å². The third-order valence-electron chi connectivity index (χ3n) is 4.64. The van der Waals surface area contributed by atoms with Crippen molar-refractivity contribution in [3.8, 4) is 5.75 Å². The van der Waals surface area contributed by atoms with E-state index in [2.05, 4.69) is 26.1 Å². The minimum Gasteiger partial charge on any atom is -0.506 e. The van der Waals surface area contributed by atoms with Crippen LogP contribution >= 0.6 is 15.9 Å². The Morgan fingerprint density at radius 3 is 2.78 bits per heavy atom. The molecule has 1 amide bonds. The summed E-state index contributed by atoms with van der Waals surface area (Å²) in [6, 6.07) is 4.69. The second-order valence-electron chi connectivity index (χ2n) is 6.00. The van der Waals surface area contributed by atoms with Gasteiger partial charge in [0.15, 0.2) is 0 Å². The number of halogens is 1. The number of aliphatic hydroxyl groups is 1. The number of hydrogen-bond donors (Lipinski definition) is 3. The number of nitrogens with zero attached hydrogens (tertiary/aromatic N) is 1. The van der Waals surface area contributed by atoms with Crippen LogP contribution in [0.25, 0.3) is 0 Å². The van der Waals surface area contributed by atoms with Gasteiger partial charge in [0.1, 0.15) is 5.75 Å². The van der Waals surface area contributed by atoms with Gasteiger partial charge in [0.25, 0.3) is 5.91 Å². The number of rotatable bonds is 3. The summed E-state index contributed by atoms with van der Waals surface area (Å²) >= 11 is 3.20. The number of amides is 1. The Kier molecular flexibility index (Phi) is 5.21. The molecule has 2 fully saturated rings. The van der Waals surface area contributed by atoms with Crippen molar-refractivity contribution in [3.05, 3.63) is 28.2 Å². The van der Waals surface area contributed by atoms with Crippen LogP contribution in [0, 0.1) is 0 Å². The molecule has 1 aliphatic heterocycles. The Morgan fingerprint density at radius 2 is 2.04 bits per heavy atom. The molecule has 1 saturated carbocycles. The van der Waals surface area contributed by atoms with Crippen LogP contribution in [-0.4, -0.2) is 65.5 Å². The Balaban J connectivity index is 1.64. The van der Waals surface area contributed by atoms with Gasteiger partial charge < -0.3 is 20.3 Å². The van der Waals surface area contributed by atoms with Crippen LogP contribution < -0.4 is 5.32 Å². The zero-order valence-corrected chi connectivity index (χ0v) is 14.3. The van der Waals surface area contributed by atoms with E-state index in [4.69, 9.17) is 4.74 Å². The first-order valence-corrected chi connectivity index (χ1v) is 8.65. The minimum absolute atomic E-state index is 0.0558. The first-order chi connectivity index (χ1) is 11.1. The lowest BCUT2D eigenvalue weighted by Gasteiger charge is -2.34. The summed E-state index contributed by atoms with van der Waals surface area (Å²) in [5.41, 5.74) is 0.210. The van der Waals surface area contributed by atoms with Crippen LogP contribution in [0.2, 0.25) is 0 Å². The molecule has 7 heteroatoms. The van der Waals surface area contributed by atoms with Crippen LogP contribution in [0.3, 0.4) is 0 Å². The number of para-hydroxylation sites is 1. The summed E-state index contributed by atoms with van der Waals surface area (Å²) in [6.07, 6.45) is 0.964. The van der Waals surface area contributed by atoms with Crippen LogP contribution in [-0.2, 0) is 4.74 Å². The molecule has 1 aromatic rings. The normalized spacial score (nSPS) is 28.7. The maximum atomic E-state index is 12.4. The number of carbonyl (C=O) groups excluding carboxylic acids is 1. The third kappa shape index (κ3) is 3.52. The summed E-state index contributed by atoms with van der Waals surface area (Å²) in [4.78, 5) is 14.6. The highest BCUT2D eigenvalue weighted by Crippen LogP contribution is 2.29. The van der Waals surface area contributed by atoms with E-state index < -0.39 is 6.10 Å². The SMILES string of the molecule is O=C(N[C@@H]1CC[C@@H](N2CCOCC2)[C@@H]1O)c1cccc(Br)c1O. The topological polar surface area (TPSA) is 82.0 Å². The van der Waals surface area contributed by atoms with E-state index in [1.165, 1.54) is 0 Å². The van der Waals surface area contributed by atoms with Crippen molar-refractivity contribution >= 4 is 21.8 Å². The van der Waals surface area contributed by atoms with Crippen molar-refractivity contribution in [1.29, 1.82) is 0 Å². The number of phenols is 1. The minimum atomic E-state index is -0.605. The Bertz CT molecular complexity index is 577. The van der Waals surface area contributed by atoms with Crippen molar-refractivity contribution in [3.63, 3.8) is 0 Å². The smallest absolute Gasteiger partial charge is 0.255 e. The lowest BCUT2D eigenvalue weighted by Crippen LogP contribution is -2.51. The standard InChI is InChI=1S/C16H21BrN2O4/c17-11-3-1-2-10(14(11)20)16(22)18-12-4-5-13(15(12)21)19-6-8-23-9-7-19/h1-3,12-13,15,20-21H,4-9H2,(H,18,22)/t12-,13-,15-/m1/s1. The number of aliphatic hydroxyl groups excluding tert-OH is 1. The summed E-state index contributed by atoms with van der Waals surface area (Å²) in [5.74, 6) is -0.447. The Morgan fingerprint density at radius 1 is 1.30 bits per heavy atom. The van der Waals surface area contributed by atoms with E-state index in [-0.39, 0.29) is 29.3 Å². The predicted octanol–water partition coefficient (Wildman–Crippen LogP) is 1.11. The molecular weight excluding hydrogens is 364 g/mol. The van der Waals surface area contributed by atoms with Gasteiger partial charge in [0, 0.05) is 19.1 Å². The maximum absolute atomic E-state index is 12.4. The molecule has 0 unspecified atom stereocenters. The number of ether oxygens (including phenoxy) is 1. The van der Waals surface area contributed by atoms with E-state index in [1.54, 1.807) is 18.2 Å². The molecule has 0 spiro atoms. The molecule has 126 valence electrons. The van der Waals surface area contributed by atoms with Crippen molar-refractivity contribution in [2.45, 2.75) is 31.0 Å². The number of hydrogen-bond acceptors (Lipinski definition) is 5. The highest BCUT2D eigenvalue weighted by Gasteiger charge is 2.39. The molecule has 0 radical (unpaired) electrons. The molecule has 23 heavy (non-hydrogen) atoms. The van der Waals surface area contributed by atoms with E-state index >= 15 is 0 Å². The van der Waals surface area contributed by atoms with Gasteiger partial charge >= 0.3 is 0 Å². The van der Waals surface area contributed by atoms with Crippen molar-refractivity contribution in [1.82, 2.24) is 10.2 Å². The molecule has 1 aromatic carbocycles. The number of nitrogens with one attached hydrogen (secondary N) is 1. The van der Waals surface area contributed by atoms with E-state index in [9.17, 15) is 15.0 Å². The van der Waals surface area contributed by atoms with Gasteiger partial charge in [-0.05, 0) is 40.9 Å². The molecule has 3 rings (SSSR count). The summed E-state index contributed by atoms with van der Waals surface area (Å²) in [6.45, 7) is 3.00. The second kappa shape index (κ2) is 7.17. The second-order valence-corrected chi connectivity index (χ2v) is 6.85. The van der Waals surface area contributed by atoms with E-state index in [0.29, 0.717) is 17.7 Å². The van der Waals surface area contributed by atoms with Crippen LogP contribution in [0.5, 0.6) is 5.75 Å². The Labute approximate surface area is 143 Å². The van der Waals surface area contributed by atoms with Crippen LogP contribution in [0.15, 0.2) is 22.7 Å². The average Bonchev–Trinajstić information content (AvgIpc) is 2.91. The molecule has 0 bridgehead atoms. The number of carbonyl (C=O) groups is 1. The highest BCUT2D eigenvalue weighted by atomic mass is 79.9. The summed E-state index contributed by atoms with van der Waals surface area (Å²) < 4.78 is 5.82. The molecule has 3 N–H and O–H groups in total. The molecule has 2 aliphatic rings. The predicted molar refractivity (Wildman–Crippen MR) is 88.5 cm³/mol. The monoisotopic (exact) mass is 384 g/mol. The van der Waals surface area contributed by atoms with Crippen molar-refractivity contribution < 1.29 is 19.7 Å². The van der Waals surface area contributed by atoms with Gasteiger partial charge in [-0.3, -0.25) is 9.69 Å². The fraction of sp³-hybridized carbons (Fsp3) is 0.562. The van der Waals surface area contributed by atoms with Gasteiger partial charge in [0.05, 0.1) is 35.4 Å². The number of benzene rings is 1. The van der Waals surface area contributed by atoms with Crippen LogP contribution in [0.1, 0.15) is 23.2 Å². The summed E-state index contributed by atoms with van der Waals surface area (Å²) in [5, 5.41) is 23.4. The zero-order chi connectivity index (χ0) is 16.4.